The smallest absolute Gasteiger partial charge is 0.272 e. The van der Waals surface area contributed by atoms with E-state index in [1.807, 2.05) is 30.5 Å². The van der Waals surface area contributed by atoms with Gasteiger partial charge in [0, 0.05) is 19.7 Å². The monoisotopic (exact) mass is 344 g/mol. The van der Waals surface area contributed by atoms with Crippen molar-refractivity contribution in [3.63, 3.8) is 0 Å². The fourth-order valence-corrected chi connectivity index (χ4v) is 2.44. The molecule has 132 valence electrons. The molecule has 1 atom stereocenters. The van der Waals surface area contributed by atoms with Crippen LogP contribution in [-0.4, -0.2) is 44.6 Å². The molecule has 0 aromatic carbocycles. The summed E-state index contributed by atoms with van der Waals surface area (Å²) in [4.78, 5) is 12.4. The van der Waals surface area contributed by atoms with Crippen LogP contribution in [0.4, 0.5) is 0 Å². The van der Waals surface area contributed by atoms with Gasteiger partial charge in [-0.1, -0.05) is 0 Å². The Morgan fingerprint density at radius 1 is 1.48 bits per heavy atom. The van der Waals surface area contributed by atoms with E-state index in [0.29, 0.717) is 30.4 Å². The summed E-state index contributed by atoms with van der Waals surface area (Å²) in [5.74, 6) is 1.78. The fraction of sp³-hybridized carbons (Fsp3) is 0.375. The third-order valence-electron chi connectivity index (χ3n) is 3.73. The molecule has 0 aliphatic heterocycles. The lowest BCUT2D eigenvalue weighted by Gasteiger charge is -2.13. The van der Waals surface area contributed by atoms with Crippen LogP contribution in [0.15, 0.2) is 28.9 Å². The number of carbonyl (C=O) groups excluding carboxylic acids is 1. The highest BCUT2D eigenvalue weighted by Gasteiger charge is 2.19. The van der Waals surface area contributed by atoms with Gasteiger partial charge in [-0.05, 0) is 26.0 Å². The molecule has 0 aliphatic rings. The van der Waals surface area contributed by atoms with Crippen molar-refractivity contribution >= 4 is 5.91 Å². The SMILES string of the molecule is COCCn1cnnc1C(C)NC(=O)c1cc(-c2ccc(C)o2)[nH]n1. The molecule has 0 fully saturated rings. The number of aromatic nitrogens is 5. The van der Waals surface area contributed by atoms with Crippen molar-refractivity contribution in [1.29, 1.82) is 0 Å². The Balaban J connectivity index is 1.68. The highest BCUT2D eigenvalue weighted by Crippen LogP contribution is 2.20. The van der Waals surface area contributed by atoms with E-state index < -0.39 is 0 Å². The van der Waals surface area contributed by atoms with Crippen LogP contribution in [0.25, 0.3) is 11.5 Å². The van der Waals surface area contributed by atoms with E-state index in [9.17, 15) is 4.79 Å². The topological polar surface area (TPSA) is 111 Å². The summed E-state index contributed by atoms with van der Waals surface area (Å²) in [5.41, 5.74) is 0.924. The van der Waals surface area contributed by atoms with Crippen LogP contribution in [0.2, 0.25) is 0 Å². The zero-order valence-electron chi connectivity index (χ0n) is 14.3. The molecule has 1 unspecified atom stereocenters. The number of methoxy groups -OCH3 is 1. The molecule has 0 saturated heterocycles. The molecule has 3 aromatic rings. The maximum atomic E-state index is 12.4. The number of carbonyl (C=O) groups is 1. The molecule has 0 spiro atoms. The molecule has 9 heteroatoms. The molecule has 0 radical (unpaired) electrons. The zero-order chi connectivity index (χ0) is 17.8. The van der Waals surface area contributed by atoms with Gasteiger partial charge in [-0.25, -0.2) is 0 Å². The minimum atomic E-state index is -0.321. The van der Waals surface area contributed by atoms with Crippen LogP contribution >= 0.6 is 0 Å². The summed E-state index contributed by atoms with van der Waals surface area (Å²) in [6, 6.07) is 5.00. The molecule has 3 rings (SSSR count). The van der Waals surface area contributed by atoms with Gasteiger partial charge in [0.25, 0.3) is 5.91 Å². The van der Waals surface area contributed by atoms with Gasteiger partial charge < -0.3 is 19.0 Å². The van der Waals surface area contributed by atoms with Gasteiger partial charge in [-0.15, -0.1) is 10.2 Å². The van der Waals surface area contributed by atoms with E-state index in [1.165, 1.54) is 0 Å². The van der Waals surface area contributed by atoms with Gasteiger partial charge in [0.05, 0.1) is 12.6 Å². The molecule has 1 amide bonds. The van der Waals surface area contributed by atoms with Gasteiger partial charge in [-0.2, -0.15) is 5.10 Å². The molecule has 3 heterocycles. The Hall–Kier alpha value is -2.94. The number of hydrogen-bond acceptors (Lipinski definition) is 6. The van der Waals surface area contributed by atoms with E-state index in [0.717, 1.165) is 5.76 Å². The molecule has 2 N–H and O–H groups in total. The van der Waals surface area contributed by atoms with E-state index >= 15 is 0 Å². The van der Waals surface area contributed by atoms with Crippen LogP contribution < -0.4 is 5.32 Å². The lowest BCUT2D eigenvalue weighted by molar-refractivity contribution is 0.0932. The number of amides is 1. The average molecular weight is 344 g/mol. The van der Waals surface area contributed by atoms with Gasteiger partial charge in [0.2, 0.25) is 0 Å². The predicted molar refractivity (Wildman–Crippen MR) is 88.8 cm³/mol. The number of nitrogens with zero attached hydrogens (tertiary/aromatic N) is 4. The second-order valence-electron chi connectivity index (χ2n) is 5.65. The quantitative estimate of drug-likeness (QED) is 0.675. The van der Waals surface area contributed by atoms with Crippen molar-refractivity contribution in [3.8, 4) is 11.5 Å². The van der Waals surface area contributed by atoms with Crippen molar-refractivity contribution in [2.45, 2.75) is 26.4 Å². The maximum absolute atomic E-state index is 12.4. The summed E-state index contributed by atoms with van der Waals surface area (Å²) in [6.07, 6.45) is 1.61. The summed E-state index contributed by atoms with van der Waals surface area (Å²) >= 11 is 0. The van der Waals surface area contributed by atoms with E-state index in [2.05, 4.69) is 25.7 Å². The molecular formula is C16H20N6O3. The Labute approximate surface area is 144 Å². The molecule has 0 bridgehead atoms. The highest BCUT2D eigenvalue weighted by atomic mass is 16.5. The molecule has 0 aliphatic carbocycles. The second-order valence-corrected chi connectivity index (χ2v) is 5.65. The fourth-order valence-electron chi connectivity index (χ4n) is 2.44. The van der Waals surface area contributed by atoms with Crippen LogP contribution in [0.5, 0.6) is 0 Å². The Kier molecular flexibility index (Phi) is 4.94. The molecular weight excluding hydrogens is 324 g/mol. The third kappa shape index (κ3) is 3.77. The molecule has 0 saturated carbocycles. The van der Waals surface area contributed by atoms with Gasteiger partial charge in [-0.3, -0.25) is 9.89 Å². The first kappa shape index (κ1) is 16.9. The lowest BCUT2D eigenvalue weighted by Crippen LogP contribution is -2.29. The first-order valence-corrected chi connectivity index (χ1v) is 7.88. The van der Waals surface area contributed by atoms with E-state index in [4.69, 9.17) is 9.15 Å². The number of rotatable bonds is 7. The minimum absolute atomic E-state index is 0.277. The van der Waals surface area contributed by atoms with Gasteiger partial charge in [0.1, 0.15) is 17.8 Å². The highest BCUT2D eigenvalue weighted by molar-refractivity contribution is 5.93. The standard InChI is InChI=1S/C16H20N6O3/c1-10-4-5-14(25-10)12-8-13(20-19-12)16(23)18-11(2)15-21-17-9-22(15)6-7-24-3/h4-5,8-9,11H,6-7H2,1-3H3,(H,18,23)(H,19,20). The van der Waals surface area contributed by atoms with E-state index in [1.54, 1.807) is 19.5 Å². The largest absolute Gasteiger partial charge is 0.460 e. The Bertz CT molecular complexity index is 850. The van der Waals surface area contributed by atoms with Crippen molar-refractivity contribution in [1.82, 2.24) is 30.3 Å². The lowest BCUT2D eigenvalue weighted by atomic mass is 10.2. The summed E-state index contributed by atoms with van der Waals surface area (Å²) in [6.45, 7) is 4.85. The number of nitrogens with one attached hydrogen (secondary N) is 2. The first-order valence-electron chi connectivity index (χ1n) is 7.88. The maximum Gasteiger partial charge on any atom is 0.272 e. The van der Waals surface area contributed by atoms with Crippen LogP contribution in [0.3, 0.4) is 0 Å². The van der Waals surface area contributed by atoms with Crippen LogP contribution in [0.1, 0.15) is 35.0 Å². The van der Waals surface area contributed by atoms with Crippen molar-refractivity contribution in [3.05, 3.63) is 41.8 Å². The summed E-state index contributed by atoms with van der Waals surface area (Å²) < 4.78 is 12.4. The van der Waals surface area contributed by atoms with Gasteiger partial charge in [0.15, 0.2) is 17.3 Å². The first-order chi connectivity index (χ1) is 12.1. The summed E-state index contributed by atoms with van der Waals surface area (Å²) in [5, 5.41) is 17.7. The predicted octanol–water partition coefficient (Wildman–Crippen LogP) is 1.71. The van der Waals surface area contributed by atoms with Crippen molar-refractivity contribution in [2.24, 2.45) is 0 Å². The van der Waals surface area contributed by atoms with Crippen LogP contribution in [-0.2, 0) is 11.3 Å². The number of aryl methyl sites for hydroxylation is 1. The zero-order valence-corrected chi connectivity index (χ0v) is 14.3. The minimum Gasteiger partial charge on any atom is -0.460 e. The number of furan rings is 1. The normalized spacial score (nSPS) is 12.3. The van der Waals surface area contributed by atoms with Crippen molar-refractivity contribution < 1.29 is 13.9 Å². The number of aromatic amines is 1. The van der Waals surface area contributed by atoms with Crippen molar-refractivity contribution in [2.75, 3.05) is 13.7 Å². The van der Waals surface area contributed by atoms with E-state index in [-0.39, 0.29) is 17.6 Å². The molecule has 9 nitrogen and oxygen atoms in total. The number of ether oxygens (including phenoxy) is 1. The number of H-pyrrole nitrogens is 1. The summed E-state index contributed by atoms with van der Waals surface area (Å²) in [7, 11) is 1.63. The number of hydrogen-bond donors (Lipinski definition) is 2. The Morgan fingerprint density at radius 3 is 3.04 bits per heavy atom. The average Bonchev–Trinajstić information content (AvgIpc) is 3.32. The van der Waals surface area contributed by atoms with Crippen LogP contribution in [0, 0.1) is 6.92 Å². The third-order valence-corrected chi connectivity index (χ3v) is 3.73. The Morgan fingerprint density at radius 2 is 2.32 bits per heavy atom. The van der Waals surface area contributed by atoms with Gasteiger partial charge >= 0.3 is 0 Å². The molecule has 25 heavy (non-hydrogen) atoms. The second kappa shape index (κ2) is 7.31. The molecule has 3 aromatic heterocycles.